The zero-order valence-electron chi connectivity index (χ0n) is 9.52. The molecular formula is C10H13N5O3. The van der Waals surface area contributed by atoms with Crippen molar-refractivity contribution in [2.24, 2.45) is 0 Å². The van der Waals surface area contributed by atoms with E-state index in [0.717, 1.165) is 0 Å². The van der Waals surface area contributed by atoms with Crippen LogP contribution in [0, 0.1) is 0 Å². The second kappa shape index (κ2) is 4.16. The molecule has 18 heavy (non-hydrogen) atoms. The molecule has 0 bridgehead atoms. The lowest BCUT2D eigenvalue weighted by atomic mass is 10.3. The molecule has 0 spiro atoms. The average molecular weight is 251 g/mol. The maximum Gasteiger partial charge on any atom is 0.274 e. The van der Waals surface area contributed by atoms with E-state index in [4.69, 9.17) is 0 Å². The molecule has 3 heterocycles. The molecule has 1 aliphatic heterocycles. The van der Waals surface area contributed by atoms with E-state index < -0.39 is 12.2 Å². The number of aromatic nitrogens is 4. The first kappa shape index (κ1) is 11.3. The van der Waals surface area contributed by atoms with E-state index in [1.807, 2.05) is 4.90 Å². The summed E-state index contributed by atoms with van der Waals surface area (Å²) in [4.78, 5) is 21.7. The van der Waals surface area contributed by atoms with E-state index in [-0.39, 0.29) is 5.56 Å². The molecule has 0 aliphatic carbocycles. The number of nitrogens with one attached hydrogen (secondary N) is 1. The Labute approximate surface area is 102 Å². The zero-order chi connectivity index (χ0) is 12.7. The second-order valence-corrected chi connectivity index (χ2v) is 4.44. The third-order valence-corrected chi connectivity index (χ3v) is 3.04. The number of aromatic amines is 1. The predicted octanol–water partition coefficient (Wildman–Crippen LogP) is -2.04. The van der Waals surface area contributed by atoms with Crippen LogP contribution in [0.1, 0.15) is 5.69 Å². The first-order chi connectivity index (χ1) is 8.63. The number of fused-ring (bicyclic) bond motifs is 1. The van der Waals surface area contributed by atoms with E-state index in [0.29, 0.717) is 31.1 Å². The van der Waals surface area contributed by atoms with Crippen LogP contribution in [0.5, 0.6) is 0 Å². The Morgan fingerprint density at radius 3 is 2.83 bits per heavy atom. The summed E-state index contributed by atoms with van der Waals surface area (Å²) in [7, 11) is 0. The van der Waals surface area contributed by atoms with Crippen LogP contribution >= 0.6 is 0 Å². The first-order valence-electron chi connectivity index (χ1n) is 5.64. The number of hydrogen-bond donors (Lipinski definition) is 3. The maximum absolute atomic E-state index is 11.7. The summed E-state index contributed by atoms with van der Waals surface area (Å²) in [6, 6.07) is 1.42. The van der Waals surface area contributed by atoms with Crippen LogP contribution in [0.25, 0.3) is 5.78 Å². The zero-order valence-corrected chi connectivity index (χ0v) is 9.52. The number of β-amino-alcohol motifs (C(OH)–C–C–N with tert-alkyl or cyclic N) is 2. The fourth-order valence-corrected chi connectivity index (χ4v) is 2.15. The first-order valence-corrected chi connectivity index (χ1v) is 5.64. The lowest BCUT2D eigenvalue weighted by Gasteiger charge is -2.13. The smallest absolute Gasteiger partial charge is 0.274 e. The van der Waals surface area contributed by atoms with Gasteiger partial charge in [0.15, 0.2) is 0 Å². The summed E-state index contributed by atoms with van der Waals surface area (Å²) in [5, 5.41) is 21.5. The topological polar surface area (TPSA) is 107 Å². The van der Waals surface area contributed by atoms with Crippen LogP contribution in [0.15, 0.2) is 17.2 Å². The Kier molecular flexibility index (Phi) is 2.62. The van der Waals surface area contributed by atoms with Gasteiger partial charge in [-0.2, -0.15) is 4.52 Å². The highest BCUT2D eigenvalue weighted by Crippen LogP contribution is 2.12. The van der Waals surface area contributed by atoms with Crippen LogP contribution in [-0.4, -0.2) is 60.0 Å². The number of aliphatic hydroxyl groups excluding tert-OH is 2. The van der Waals surface area contributed by atoms with E-state index in [1.54, 1.807) is 0 Å². The molecule has 0 aromatic carbocycles. The van der Waals surface area contributed by atoms with Gasteiger partial charge < -0.3 is 10.2 Å². The van der Waals surface area contributed by atoms with Crippen LogP contribution in [0.3, 0.4) is 0 Å². The standard InChI is InChI=1S/C10H13N5O3/c16-7-3-14(4-8(7)17)2-6-1-9(18)15-10(13-6)11-5-12-15/h1,5,7-8,16-17H,2-4H2,(H,11,12,13)/t7-,8+. The summed E-state index contributed by atoms with van der Waals surface area (Å²) < 4.78 is 1.25. The average Bonchev–Trinajstić information content (AvgIpc) is 2.87. The summed E-state index contributed by atoms with van der Waals surface area (Å²) in [6.07, 6.45) is -0.0722. The Morgan fingerprint density at radius 1 is 1.39 bits per heavy atom. The summed E-state index contributed by atoms with van der Waals surface area (Å²) in [5.74, 6) is 0.317. The molecule has 1 fully saturated rings. The van der Waals surface area contributed by atoms with Crippen molar-refractivity contribution in [3.05, 3.63) is 28.4 Å². The van der Waals surface area contributed by atoms with Crippen molar-refractivity contribution in [2.75, 3.05) is 13.1 Å². The van der Waals surface area contributed by atoms with Crippen molar-refractivity contribution in [3.8, 4) is 0 Å². The highest BCUT2D eigenvalue weighted by molar-refractivity contribution is 5.26. The van der Waals surface area contributed by atoms with Crippen LogP contribution in [-0.2, 0) is 6.54 Å². The quantitative estimate of drug-likeness (QED) is 0.567. The Balaban J connectivity index is 1.85. The fourth-order valence-electron chi connectivity index (χ4n) is 2.15. The highest BCUT2D eigenvalue weighted by atomic mass is 16.3. The van der Waals surface area contributed by atoms with Gasteiger partial charge in [-0.15, -0.1) is 0 Å². The number of hydrogen-bond acceptors (Lipinski definition) is 6. The van der Waals surface area contributed by atoms with E-state index in [9.17, 15) is 15.0 Å². The maximum atomic E-state index is 11.7. The third-order valence-electron chi connectivity index (χ3n) is 3.04. The number of rotatable bonds is 2. The molecule has 0 unspecified atom stereocenters. The molecule has 2 aromatic rings. The Bertz CT molecular complexity index is 611. The van der Waals surface area contributed by atoms with Crippen molar-refractivity contribution >= 4 is 5.78 Å². The van der Waals surface area contributed by atoms with Crippen molar-refractivity contribution < 1.29 is 10.2 Å². The monoisotopic (exact) mass is 251 g/mol. The molecule has 2 atom stereocenters. The van der Waals surface area contributed by atoms with Crippen molar-refractivity contribution in [2.45, 2.75) is 18.8 Å². The fraction of sp³-hybridized carbons (Fsp3) is 0.500. The highest BCUT2D eigenvalue weighted by Gasteiger charge is 2.29. The number of H-pyrrole nitrogens is 1. The molecule has 1 aliphatic rings. The molecule has 2 aromatic heterocycles. The molecule has 8 nitrogen and oxygen atoms in total. The predicted molar refractivity (Wildman–Crippen MR) is 60.9 cm³/mol. The van der Waals surface area contributed by atoms with Gasteiger partial charge in [0.25, 0.3) is 11.3 Å². The van der Waals surface area contributed by atoms with Crippen LogP contribution in [0.2, 0.25) is 0 Å². The van der Waals surface area contributed by atoms with Crippen molar-refractivity contribution in [1.29, 1.82) is 0 Å². The molecule has 0 radical (unpaired) electrons. The van der Waals surface area contributed by atoms with Gasteiger partial charge in [0.2, 0.25) is 0 Å². The summed E-state index contributed by atoms with van der Waals surface area (Å²) in [5.41, 5.74) is 0.348. The van der Waals surface area contributed by atoms with Gasteiger partial charge in [0.1, 0.15) is 6.33 Å². The van der Waals surface area contributed by atoms with Gasteiger partial charge in [-0.3, -0.25) is 14.8 Å². The number of nitrogens with zero attached hydrogens (tertiary/aromatic N) is 4. The Hall–Kier alpha value is -1.77. The van der Waals surface area contributed by atoms with Gasteiger partial charge in [-0.05, 0) is 0 Å². The van der Waals surface area contributed by atoms with Gasteiger partial charge in [-0.1, -0.05) is 0 Å². The lowest BCUT2D eigenvalue weighted by molar-refractivity contribution is 0.0572. The van der Waals surface area contributed by atoms with Gasteiger partial charge >= 0.3 is 0 Å². The molecule has 96 valence electrons. The second-order valence-electron chi connectivity index (χ2n) is 4.44. The van der Waals surface area contributed by atoms with Crippen molar-refractivity contribution in [1.82, 2.24) is 24.5 Å². The third kappa shape index (κ3) is 1.90. The van der Waals surface area contributed by atoms with E-state index in [1.165, 1.54) is 16.9 Å². The van der Waals surface area contributed by atoms with E-state index in [2.05, 4.69) is 15.1 Å². The van der Waals surface area contributed by atoms with Crippen LogP contribution in [0.4, 0.5) is 0 Å². The molecular weight excluding hydrogens is 238 g/mol. The molecule has 3 N–H and O–H groups in total. The molecule has 0 amide bonds. The van der Waals surface area contributed by atoms with Gasteiger partial charge in [0, 0.05) is 25.7 Å². The van der Waals surface area contributed by atoms with Gasteiger partial charge in [-0.25, -0.2) is 9.97 Å². The Morgan fingerprint density at radius 2 is 2.11 bits per heavy atom. The summed E-state index contributed by atoms with van der Waals surface area (Å²) >= 11 is 0. The summed E-state index contributed by atoms with van der Waals surface area (Å²) in [6.45, 7) is 1.16. The number of likely N-dealkylation sites (tertiary alicyclic amines) is 1. The van der Waals surface area contributed by atoms with Crippen LogP contribution < -0.4 is 5.56 Å². The molecule has 8 heteroatoms. The molecule has 3 rings (SSSR count). The largest absolute Gasteiger partial charge is 0.389 e. The molecule has 0 saturated carbocycles. The van der Waals surface area contributed by atoms with Crippen molar-refractivity contribution in [3.63, 3.8) is 0 Å². The number of aliphatic hydroxyl groups is 2. The SMILES string of the molecule is O=c1cc(CN2C[C@@H](O)[C@@H](O)C2)nc2nc[nH]n12. The molecule has 1 saturated heterocycles. The minimum absolute atomic E-state index is 0.229. The lowest BCUT2D eigenvalue weighted by Crippen LogP contribution is -2.24. The normalized spacial score (nSPS) is 25.0. The van der Waals surface area contributed by atoms with Gasteiger partial charge in [0.05, 0.1) is 17.9 Å². The van der Waals surface area contributed by atoms with E-state index >= 15 is 0 Å². The minimum atomic E-state index is -0.736. The minimum Gasteiger partial charge on any atom is -0.389 e.